The first-order chi connectivity index (χ1) is 53.8. The van der Waals surface area contributed by atoms with Crippen molar-refractivity contribution in [3.63, 3.8) is 0 Å². The number of nitrogens with zero attached hydrogens (tertiary/aromatic N) is 2. The zero-order valence-electron chi connectivity index (χ0n) is 75.5. The molecule has 0 saturated heterocycles. The normalized spacial score (nSPS) is 11.9. The third-order valence-corrected chi connectivity index (χ3v) is 23.5. The summed E-state index contributed by atoms with van der Waals surface area (Å²) in [7, 11) is 0. The van der Waals surface area contributed by atoms with Gasteiger partial charge in [-0.3, -0.25) is 0 Å². The summed E-state index contributed by atoms with van der Waals surface area (Å²) >= 11 is 0. The van der Waals surface area contributed by atoms with Crippen LogP contribution in [0.4, 0.5) is 0 Å². The first kappa shape index (κ1) is 107. The molecule has 0 unspecified atom stereocenters. The van der Waals surface area contributed by atoms with E-state index in [9.17, 15) is 5.53 Å². The summed E-state index contributed by atoms with van der Waals surface area (Å²) in [6.45, 7) is 26.1. The third-order valence-electron chi connectivity index (χ3n) is 23.5. The van der Waals surface area contributed by atoms with Gasteiger partial charge in [-0.1, -0.05) is 496 Å². The number of rotatable bonds is 75. The molecule has 0 atom stereocenters. The smallest absolute Gasteiger partial charge is 0.493 e. The van der Waals surface area contributed by atoms with Gasteiger partial charge >= 0.3 is 16.5 Å². The van der Waals surface area contributed by atoms with Gasteiger partial charge in [0.1, 0.15) is 0 Å². The Labute approximate surface area is 701 Å². The van der Waals surface area contributed by atoms with E-state index in [2.05, 4.69) is 129 Å². The minimum absolute atomic E-state index is 0. The predicted molar refractivity (Wildman–Crippen MR) is 494 cm³/mol. The maximum atomic E-state index is 12.6. The predicted octanol–water partition coefficient (Wildman–Crippen LogP) is 37.7. The van der Waals surface area contributed by atoms with Crippen molar-refractivity contribution in [2.75, 3.05) is 0 Å². The van der Waals surface area contributed by atoms with E-state index in [-0.39, 0.29) is 16.5 Å². The summed E-state index contributed by atoms with van der Waals surface area (Å²) in [5.74, 6) is 14.3. The molecule has 1 heterocycles. The van der Waals surface area contributed by atoms with Gasteiger partial charge in [-0.15, -0.1) is 0 Å². The molecule has 0 bridgehead atoms. The van der Waals surface area contributed by atoms with Crippen LogP contribution in [0.2, 0.25) is 0 Å². The summed E-state index contributed by atoms with van der Waals surface area (Å²) in [5.41, 5.74) is 24.0. The topological polar surface area (TPSA) is 25.3 Å². The fourth-order valence-electron chi connectivity index (χ4n) is 16.2. The molecule has 0 amide bonds. The fourth-order valence-corrected chi connectivity index (χ4v) is 16.2. The van der Waals surface area contributed by atoms with Crippen LogP contribution in [0.25, 0.3) is 16.9 Å². The van der Waals surface area contributed by atoms with Crippen LogP contribution in [-0.4, -0.2) is 4.70 Å². The Hall–Kier alpha value is -2.87. The molecule has 1 aliphatic heterocycles. The van der Waals surface area contributed by atoms with E-state index in [0.717, 1.165) is 98.7 Å². The molecular formula is C107H188N2Ni. The molecular weight excluding hydrogens is 1370 g/mol. The molecule has 3 heteroatoms. The molecule has 110 heavy (non-hydrogen) atoms. The maximum Gasteiger partial charge on any atom is 2.00 e. The number of aryl methyl sites for hydroxylation is 2. The first-order valence-electron chi connectivity index (χ1n) is 49.6. The van der Waals surface area contributed by atoms with Crippen molar-refractivity contribution in [1.82, 2.24) is 0 Å². The molecule has 2 aromatic carbocycles. The van der Waals surface area contributed by atoms with Crippen molar-refractivity contribution in [3.05, 3.63) is 100 Å². The second-order valence-corrected chi connectivity index (χ2v) is 34.3. The van der Waals surface area contributed by atoms with Gasteiger partial charge in [0.25, 0.3) is 0 Å². The van der Waals surface area contributed by atoms with E-state index in [1.165, 1.54) is 452 Å². The van der Waals surface area contributed by atoms with Crippen molar-refractivity contribution < 1.29 is 21.2 Å². The quantitative estimate of drug-likeness (QED) is 0.0207. The zero-order chi connectivity index (χ0) is 78.9. The minimum atomic E-state index is 0. The van der Waals surface area contributed by atoms with Crippen molar-refractivity contribution in [3.8, 4) is 23.7 Å². The summed E-state index contributed by atoms with van der Waals surface area (Å²) in [6, 6.07) is 14.0. The summed E-state index contributed by atoms with van der Waals surface area (Å²) < 4.78 is 1.57. The Morgan fingerprint density at radius 2 is 0.482 bits per heavy atom. The molecule has 0 fully saturated rings. The number of hydrogen-bond donors (Lipinski definition) is 0. The molecule has 0 aliphatic carbocycles. The van der Waals surface area contributed by atoms with Gasteiger partial charge in [0.2, 0.25) is 11.4 Å². The van der Waals surface area contributed by atoms with E-state index >= 15 is 0 Å². The molecule has 2 nitrogen and oxygen atoms in total. The molecule has 2 aromatic rings. The summed E-state index contributed by atoms with van der Waals surface area (Å²) in [6.07, 6.45) is 104. The summed E-state index contributed by atoms with van der Waals surface area (Å²) in [4.78, 5) is 0. The van der Waals surface area contributed by atoms with Crippen LogP contribution in [0, 0.1) is 37.5 Å². The Kier molecular flexibility index (Phi) is 83.3. The largest absolute Gasteiger partial charge is 2.00 e. The monoisotopic (exact) mass is 1560 g/mol. The number of hydrogen-bond acceptors (Lipinski definition) is 0. The van der Waals surface area contributed by atoms with Crippen LogP contribution >= 0.6 is 0 Å². The number of unbranched alkanes of at least 4 members (excludes halogenated alkanes) is 67. The molecule has 0 N–H and O–H groups in total. The maximum absolute atomic E-state index is 12.6. The van der Waals surface area contributed by atoms with E-state index in [1.54, 1.807) is 4.70 Å². The Balaban J connectivity index is 0.00000235. The van der Waals surface area contributed by atoms with Crippen molar-refractivity contribution in [1.29, 1.82) is 0 Å². The van der Waals surface area contributed by atoms with Crippen LogP contribution in [0.15, 0.2) is 47.5 Å². The average molecular weight is 1560 g/mol. The van der Waals surface area contributed by atoms with Crippen molar-refractivity contribution >= 4 is 11.4 Å². The molecule has 636 valence electrons. The SMILES string of the molecule is CCCCCCCCCCCCCC#Cc1cc(C#CCCCCCCCCCCCCC)cc(C2=C(CCCC)C(C)=C(c3cc(CCCCCCCC)cc(CCCCCCCC)c3)[N+]2=[N-])c1.[CH2-]CCCCCCCCCCCCCCCCCCC.[CH2-]CCCCCCCCCCCCCCCCCCC.[Ni+2]. The first-order valence-corrected chi connectivity index (χ1v) is 49.6. The Morgan fingerprint density at radius 1 is 0.255 bits per heavy atom. The van der Waals surface area contributed by atoms with Gasteiger partial charge < -0.3 is 19.4 Å². The molecule has 0 radical (unpaired) electrons. The van der Waals surface area contributed by atoms with Gasteiger partial charge in [-0.2, -0.15) is 12.8 Å². The molecule has 0 saturated carbocycles. The minimum Gasteiger partial charge on any atom is -0.493 e. The number of benzene rings is 2. The van der Waals surface area contributed by atoms with E-state index < -0.39 is 0 Å². The second-order valence-electron chi connectivity index (χ2n) is 34.3. The van der Waals surface area contributed by atoms with Crippen LogP contribution in [0.1, 0.15) is 570 Å². The molecule has 0 aromatic heterocycles. The Bertz CT molecular complexity index is 2330. The zero-order valence-corrected chi connectivity index (χ0v) is 76.5. The molecule has 1 aliphatic rings. The van der Waals surface area contributed by atoms with Gasteiger partial charge in [0, 0.05) is 46.2 Å². The molecule has 0 spiro atoms. The van der Waals surface area contributed by atoms with Crippen LogP contribution in [0.3, 0.4) is 0 Å². The van der Waals surface area contributed by atoms with Crippen molar-refractivity contribution in [2.45, 2.75) is 550 Å². The average Bonchev–Trinajstić information content (AvgIpc) is 1.61. The molecule has 3 rings (SSSR count). The van der Waals surface area contributed by atoms with Crippen molar-refractivity contribution in [2.24, 2.45) is 0 Å². The van der Waals surface area contributed by atoms with Gasteiger partial charge in [0.15, 0.2) is 0 Å². The second kappa shape index (κ2) is 85.5. The fraction of sp³-hybridized carbons (Fsp3) is 0.794. The van der Waals surface area contributed by atoms with Crippen LogP contribution < -0.4 is 0 Å². The van der Waals surface area contributed by atoms with Gasteiger partial charge in [-0.05, 0) is 99.7 Å². The summed E-state index contributed by atoms with van der Waals surface area (Å²) in [5, 5.41) is 0. The van der Waals surface area contributed by atoms with E-state index in [4.69, 9.17) is 0 Å². The third kappa shape index (κ3) is 64.3. The standard InChI is InChI=1S/C67H106N2.2C20H41.Ni/c1-7-12-17-21-25-27-29-31-33-35-37-41-45-49-61-53-62(50-46-42-38-36-34-32-30-28-26-22-18-13-8-2)57-64(56-61)67-65(51-16-11-5)58(6)66(69(67)68)63-54-59(47-43-39-23-19-14-9-3)52-60(55-63)48-44-40-24-20-15-10-4;2*1-3-5-7-9-11-13-15-17-19-20-18-16-14-12-10-8-6-4-2;/h52-57H,7-44,47-48,51H2,1-6H3;2*1,3-20H2,2H3;/q;2*-1;+2. The van der Waals surface area contributed by atoms with Crippen LogP contribution in [-0.2, 0) is 29.3 Å². The van der Waals surface area contributed by atoms with Crippen LogP contribution in [0.5, 0.6) is 0 Å². The van der Waals surface area contributed by atoms with E-state index in [1.807, 2.05) is 0 Å². The Morgan fingerprint density at radius 3 is 0.736 bits per heavy atom. The van der Waals surface area contributed by atoms with Gasteiger partial charge in [-0.25, -0.2) is 4.70 Å². The number of allylic oxidation sites excluding steroid dienone is 2. The van der Waals surface area contributed by atoms with Gasteiger partial charge in [0.05, 0.1) is 0 Å². The van der Waals surface area contributed by atoms with E-state index in [0.29, 0.717) is 0 Å².